The van der Waals surface area contributed by atoms with Gasteiger partial charge in [0.25, 0.3) is 11.4 Å². The number of benzene rings is 2. The minimum atomic E-state index is -1.04. The maximum absolute atomic E-state index is 10.4. The third-order valence-electron chi connectivity index (χ3n) is 3.40. The van der Waals surface area contributed by atoms with Crippen molar-refractivity contribution in [2.75, 3.05) is 0 Å². The van der Waals surface area contributed by atoms with Gasteiger partial charge in [0.05, 0.1) is 21.3 Å². The zero-order valence-corrected chi connectivity index (χ0v) is 15.9. The molecule has 0 saturated heterocycles. The maximum atomic E-state index is 10.4. The molecule has 0 spiro atoms. The van der Waals surface area contributed by atoms with Crippen molar-refractivity contribution in [3.63, 3.8) is 0 Å². The number of carbonyl (C=O) groups is 1. The van der Waals surface area contributed by atoms with Crippen LogP contribution in [0.3, 0.4) is 0 Å². The Balaban J connectivity index is 0.000000296. The Morgan fingerprint density at radius 1 is 0.897 bits per heavy atom. The van der Waals surface area contributed by atoms with Crippen molar-refractivity contribution in [2.24, 2.45) is 10.3 Å². The number of oxime groups is 2. The van der Waals surface area contributed by atoms with Gasteiger partial charge in [0, 0.05) is 35.9 Å². The van der Waals surface area contributed by atoms with E-state index in [9.17, 15) is 25.0 Å². The second kappa shape index (κ2) is 11.1. The van der Waals surface area contributed by atoms with Crippen LogP contribution in [0.25, 0.3) is 0 Å². The Kier molecular flexibility index (Phi) is 8.86. The highest BCUT2D eigenvalue weighted by Crippen LogP contribution is 2.13. The molecular weight excluding hydrogens is 408 g/mol. The molecule has 1 N–H and O–H groups in total. The van der Waals surface area contributed by atoms with E-state index < -0.39 is 15.3 Å². The summed E-state index contributed by atoms with van der Waals surface area (Å²) in [7, 11) is 0. The van der Waals surface area contributed by atoms with Crippen LogP contribution in [0.15, 0.2) is 58.8 Å². The van der Waals surface area contributed by atoms with Gasteiger partial charge in [-0.05, 0) is 49.2 Å². The Morgan fingerprint density at radius 3 is 1.59 bits per heavy atom. The minimum absolute atomic E-state index is 0.0223. The van der Waals surface area contributed by atoms with Gasteiger partial charge in [0.1, 0.15) is 0 Å². The Morgan fingerprint density at radius 2 is 1.28 bits per heavy atom. The first-order chi connectivity index (χ1) is 13.6. The molecular formula is C17H15ClN4O7. The Bertz CT molecular complexity index is 941. The molecule has 0 saturated carbocycles. The highest BCUT2D eigenvalue weighted by molar-refractivity contribution is 6.61. The van der Waals surface area contributed by atoms with E-state index >= 15 is 0 Å². The SMILES string of the molecule is C/C(=N\O)c1ccc([N+](=O)[O-])cc1.C/C(=N\OC(=O)Cl)c1ccc([N+](=O)[O-])cc1. The molecule has 152 valence electrons. The third-order valence-corrected chi connectivity index (χ3v) is 3.47. The fraction of sp³-hybridized carbons (Fsp3) is 0.118. The van der Waals surface area contributed by atoms with E-state index in [-0.39, 0.29) is 11.4 Å². The number of carbonyl (C=O) groups excluding carboxylic acids is 1. The van der Waals surface area contributed by atoms with Crippen molar-refractivity contribution in [3.8, 4) is 0 Å². The standard InChI is InChI=1S/C9H7ClN2O4.C8H8N2O3/c1-6(11-16-9(10)13)7-2-4-8(5-3-7)12(14)15;1-6(9-11)7-2-4-8(5-3-7)10(12)13/h2-5H,1H3;2-5,11H,1H3/b11-6+;9-6+. The summed E-state index contributed by atoms with van der Waals surface area (Å²) < 4.78 is 0. The number of rotatable bonds is 5. The second-order valence-corrected chi connectivity index (χ2v) is 5.61. The molecule has 0 amide bonds. The lowest BCUT2D eigenvalue weighted by Crippen LogP contribution is -1.98. The number of hydrogen-bond acceptors (Lipinski definition) is 9. The number of halogens is 1. The summed E-state index contributed by atoms with van der Waals surface area (Å²) >= 11 is 4.92. The largest absolute Gasteiger partial charge is 0.429 e. The predicted molar refractivity (Wildman–Crippen MR) is 105 cm³/mol. The zero-order chi connectivity index (χ0) is 22.0. The molecule has 12 heteroatoms. The zero-order valence-electron chi connectivity index (χ0n) is 15.2. The molecule has 0 fully saturated rings. The number of non-ortho nitro benzene ring substituents is 2. The molecule has 0 heterocycles. The van der Waals surface area contributed by atoms with Crippen LogP contribution in [0, 0.1) is 20.2 Å². The van der Waals surface area contributed by atoms with Crippen molar-refractivity contribution in [2.45, 2.75) is 13.8 Å². The van der Waals surface area contributed by atoms with Crippen LogP contribution in [0.5, 0.6) is 0 Å². The van der Waals surface area contributed by atoms with Gasteiger partial charge < -0.3 is 10.0 Å². The molecule has 0 unspecified atom stereocenters. The number of nitro benzene ring substituents is 2. The molecule has 0 atom stereocenters. The van der Waals surface area contributed by atoms with Crippen LogP contribution in [-0.2, 0) is 4.84 Å². The summed E-state index contributed by atoms with van der Waals surface area (Å²) in [6.07, 6.45) is 0. The van der Waals surface area contributed by atoms with E-state index in [4.69, 9.17) is 16.8 Å². The lowest BCUT2D eigenvalue weighted by Gasteiger charge is -1.98. The second-order valence-electron chi connectivity index (χ2n) is 5.30. The number of nitro groups is 2. The summed E-state index contributed by atoms with van der Waals surface area (Å²) in [5.74, 6) is 0. The minimum Gasteiger partial charge on any atom is -0.411 e. The molecule has 29 heavy (non-hydrogen) atoms. The van der Waals surface area contributed by atoms with Crippen molar-refractivity contribution >= 4 is 39.8 Å². The van der Waals surface area contributed by atoms with Crippen molar-refractivity contribution in [3.05, 3.63) is 79.9 Å². The fourth-order valence-electron chi connectivity index (χ4n) is 1.86. The van der Waals surface area contributed by atoms with Gasteiger partial charge in [-0.15, -0.1) is 0 Å². The molecule has 0 aliphatic heterocycles. The molecule has 2 aromatic rings. The summed E-state index contributed by atoms with van der Waals surface area (Å²) in [5.41, 5.74) is 1.04. The van der Waals surface area contributed by atoms with Crippen LogP contribution >= 0.6 is 11.6 Å². The molecule has 0 aliphatic carbocycles. The smallest absolute Gasteiger partial charge is 0.411 e. The lowest BCUT2D eigenvalue weighted by molar-refractivity contribution is -0.385. The number of nitrogens with zero attached hydrogens (tertiary/aromatic N) is 4. The van der Waals surface area contributed by atoms with Gasteiger partial charge in [0.15, 0.2) is 0 Å². The summed E-state index contributed by atoms with van der Waals surface area (Å²) in [6.45, 7) is 3.20. The van der Waals surface area contributed by atoms with Crippen LogP contribution in [0.4, 0.5) is 16.2 Å². The first kappa shape index (κ1) is 23.2. The molecule has 2 aromatic carbocycles. The van der Waals surface area contributed by atoms with Crippen molar-refractivity contribution < 1.29 is 24.7 Å². The lowest BCUT2D eigenvalue weighted by atomic mass is 10.1. The average Bonchev–Trinajstić information content (AvgIpc) is 2.72. The van der Waals surface area contributed by atoms with Gasteiger partial charge in [0.2, 0.25) is 0 Å². The normalized spacial score (nSPS) is 11.1. The van der Waals surface area contributed by atoms with Crippen molar-refractivity contribution in [1.29, 1.82) is 0 Å². The summed E-state index contributed by atoms with van der Waals surface area (Å²) in [6, 6.07) is 11.5. The first-order valence-electron chi connectivity index (χ1n) is 7.75. The third kappa shape index (κ3) is 7.72. The Hall–Kier alpha value is -3.86. The van der Waals surface area contributed by atoms with E-state index in [2.05, 4.69) is 15.1 Å². The van der Waals surface area contributed by atoms with E-state index in [0.29, 0.717) is 22.6 Å². The molecule has 11 nitrogen and oxygen atoms in total. The molecule has 0 aromatic heterocycles. The predicted octanol–water partition coefficient (Wildman–Crippen LogP) is 4.49. The van der Waals surface area contributed by atoms with Gasteiger partial charge in [-0.2, -0.15) is 0 Å². The van der Waals surface area contributed by atoms with Gasteiger partial charge >= 0.3 is 5.43 Å². The number of hydrogen-bond donors (Lipinski definition) is 1. The fourth-order valence-corrected chi connectivity index (χ4v) is 1.90. The van der Waals surface area contributed by atoms with Crippen LogP contribution in [-0.4, -0.2) is 31.9 Å². The molecule has 0 aliphatic rings. The molecule has 0 bridgehead atoms. The van der Waals surface area contributed by atoms with Crippen LogP contribution in [0.2, 0.25) is 0 Å². The maximum Gasteiger partial charge on any atom is 0.429 e. The highest BCUT2D eigenvalue weighted by Gasteiger charge is 2.06. The van der Waals surface area contributed by atoms with E-state index in [1.165, 1.54) is 48.5 Å². The quantitative estimate of drug-likeness (QED) is 0.185. The monoisotopic (exact) mass is 422 g/mol. The van der Waals surface area contributed by atoms with Crippen LogP contribution < -0.4 is 0 Å². The van der Waals surface area contributed by atoms with E-state index in [0.717, 1.165) is 0 Å². The summed E-state index contributed by atoms with van der Waals surface area (Å²) in [5, 5.41) is 35.5. The van der Waals surface area contributed by atoms with E-state index in [1.807, 2.05) is 0 Å². The van der Waals surface area contributed by atoms with E-state index in [1.54, 1.807) is 13.8 Å². The molecule has 0 radical (unpaired) electrons. The average molecular weight is 423 g/mol. The topological polar surface area (TPSA) is 158 Å². The van der Waals surface area contributed by atoms with Gasteiger partial charge in [-0.3, -0.25) is 20.2 Å². The Labute approximate surface area is 169 Å². The highest BCUT2D eigenvalue weighted by atomic mass is 35.5. The first-order valence-corrected chi connectivity index (χ1v) is 8.13. The molecule has 2 rings (SSSR count). The summed E-state index contributed by atoms with van der Waals surface area (Å²) in [4.78, 5) is 34.2. The van der Waals surface area contributed by atoms with Crippen LogP contribution in [0.1, 0.15) is 25.0 Å². The van der Waals surface area contributed by atoms with Gasteiger partial charge in [-0.25, -0.2) is 4.79 Å². The van der Waals surface area contributed by atoms with Crippen molar-refractivity contribution in [1.82, 2.24) is 0 Å². The van der Waals surface area contributed by atoms with Gasteiger partial charge in [-0.1, -0.05) is 10.3 Å².